The molecule has 0 radical (unpaired) electrons. The number of carbonyl (C=O) groups excluding carboxylic acids is 1. The Morgan fingerprint density at radius 3 is 2.70 bits per heavy atom. The number of benzene rings is 2. The van der Waals surface area contributed by atoms with Crippen LogP contribution in [0.3, 0.4) is 0 Å². The number of hydrazone groups is 1. The molecule has 1 N–H and O–H groups in total. The lowest BCUT2D eigenvalue weighted by atomic mass is 10.2. The Morgan fingerprint density at radius 2 is 1.96 bits per heavy atom. The normalized spacial score (nSPS) is 10.6. The van der Waals surface area contributed by atoms with Gasteiger partial charge in [-0.15, -0.1) is 0 Å². The lowest BCUT2D eigenvalue weighted by Crippen LogP contribution is -2.24. The zero-order chi connectivity index (χ0) is 16.7. The molecule has 0 heterocycles. The van der Waals surface area contributed by atoms with Crippen molar-refractivity contribution in [2.45, 2.75) is 0 Å². The molecule has 5 nitrogen and oxygen atoms in total. The number of amides is 1. The molecular weight excluding hydrogens is 428 g/mol. The van der Waals surface area contributed by atoms with Crippen LogP contribution in [0, 0.1) is 0 Å². The van der Waals surface area contributed by atoms with Crippen LogP contribution in [0.5, 0.6) is 11.5 Å². The summed E-state index contributed by atoms with van der Waals surface area (Å²) >= 11 is 6.71. The summed E-state index contributed by atoms with van der Waals surface area (Å²) in [5, 5.41) is 3.89. The van der Waals surface area contributed by atoms with E-state index in [0.717, 1.165) is 14.5 Å². The SMILES string of the molecule is COc1cc(Br)ccc1OCC(=O)NN=Cc1cccc(Br)c1. The Hall–Kier alpha value is -1.86. The number of rotatable bonds is 6. The van der Waals surface area contributed by atoms with Crippen molar-refractivity contribution >= 4 is 44.0 Å². The second kappa shape index (κ2) is 8.69. The number of hydrogen-bond acceptors (Lipinski definition) is 4. The third-order valence-electron chi connectivity index (χ3n) is 2.74. The van der Waals surface area contributed by atoms with E-state index in [9.17, 15) is 4.79 Å². The molecule has 0 aliphatic rings. The van der Waals surface area contributed by atoms with Crippen LogP contribution in [0.2, 0.25) is 0 Å². The fourth-order valence-corrected chi connectivity index (χ4v) is 2.46. The molecule has 0 aliphatic heterocycles. The first-order chi connectivity index (χ1) is 11.1. The van der Waals surface area contributed by atoms with Crippen molar-refractivity contribution in [3.05, 3.63) is 57.0 Å². The van der Waals surface area contributed by atoms with E-state index in [4.69, 9.17) is 9.47 Å². The van der Waals surface area contributed by atoms with Gasteiger partial charge in [0.2, 0.25) is 0 Å². The quantitative estimate of drug-likeness (QED) is 0.548. The molecule has 0 saturated heterocycles. The van der Waals surface area contributed by atoms with Gasteiger partial charge in [0.15, 0.2) is 18.1 Å². The lowest BCUT2D eigenvalue weighted by molar-refractivity contribution is -0.123. The predicted molar refractivity (Wildman–Crippen MR) is 96.1 cm³/mol. The van der Waals surface area contributed by atoms with E-state index in [0.29, 0.717) is 11.5 Å². The average molecular weight is 442 g/mol. The molecule has 1 amide bonds. The largest absolute Gasteiger partial charge is 0.493 e. The lowest BCUT2D eigenvalue weighted by Gasteiger charge is -2.10. The molecule has 2 aromatic carbocycles. The number of nitrogens with one attached hydrogen (secondary N) is 1. The molecule has 0 unspecified atom stereocenters. The first kappa shape index (κ1) is 17.5. The fourth-order valence-electron chi connectivity index (χ4n) is 1.70. The summed E-state index contributed by atoms with van der Waals surface area (Å²) in [6.45, 7) is -0.159. The minimum absolute atomic E-state index is 0.159. The van der Waals surface area contributed by atoms with Crippen LogP contribution in [-0.4, -0.2) is 25.8 Å². The zero-order valence-corrected chi connectivity index (χ0v) is 15.4. The third kappa shape index (κ3) is 5.69. The smallest absolute Gasteiger partial charge is 0.277 e. The molecule has 0 saturated carbocycles. The maximum absolute atomic E-state index is 11.7. The summed E-state index contributed by atoms with van der Waals surface area (Å²) < 4.78 is 12.4. The Labute approximate surface area is 150 Å². The number of carbonyl (C=O) groups is 1. The van der Waals surface area contributed by atoms with Crippen molar-refractivity contribution in [3.63, 3.8) is 0 Å². The van der Waals surface area contributed by atoms with E-state index in [-0.39, 0.29) is 12.5 Å². The van der Waals surface area contributed by atoms with Crippen LogP contribution in [0.25, 0.3) is 0 Å². The van der Waals surface area contributed by atoms with Gasteiger partial charge in [-0.1, -0.05) is 44.0 Å². The van der Waals surface area contributed by atoms with Gasteiger partial charge in [0.25, 0.3) is 5.91 Å². The van der Waals surface area contributed by atoms with Crippen molar-refractivity contribution in [1.29, 1.82) is 0 Å². The van der Waals surface area contributed by atoms with Crippen LogP contribution < -0.4 is 14.9 Å². The molecule has 120 valence electrons. The third-order valence-corrected chi connectivity index (χ3v) is 3.72. The number of hydrogen-bond donors (Lipinski definition) is 1. The number of methoxy groups -OCH3 is 1. The van der Waals surface area contributed by atoms with Gasteiger partial charge in [-0.05, 0) is 35.9 Å². The first-order valence-electron chi connectivity index (χ1n) is 6.62. The summed E-state index contributed by atoms with van der Waals surface area (Å²) in [6, 6.07) is 12.9. The minimum Gasteiger partial charge on any atom is -0.493 e. The van der Waals surface area contributed by atoms with Gasteiger partial charge < -0.3 is 9.47 Å². The maximum Gasteiger partial charge on any atom is 0.277 e. The molecule has 23 heavy (non-hydrogen) atoms. The van der Waals surface area contributed by atoms with Crippen molar-refractivity contribution in [2.75, 3.05) is 13.7 Å². The highest BCUT2D eigenvalue weighted by atomic mass is 79.9. The van der Waals surface area contributed by atoms with Gasteiger partial charge in [0.1, 0.15) is 0 Å². The molecule has 0 aromatic heterocycles. The summed E-state index contributed by atoms with van der Waals surface area (Å²) in [7, 11) is 1.54. The Morgan fingerprint density at radius 1 is 1.17 bits per heavy atom. The predicted octanol–water partition coefficient (Wildman–Crippen LogP) is 3.75. The summed E-state index contributed by atoms with van der Waals surface area (Å²) in [6.07, 6.45) is 1.56. The van der Waals surface area contributed by atoms with Crippen LogP contribution >= 0.6 is 31.9 Å². The Kier molecular flexibility index (Phi) is 6.61. The highest BCUT2D eigenvalue weighted by Gasteiger charge is 2.07. The van der Waals surface area contributed by atoms with E-state index in [1.165, 1.54) is 7.11 Å². The van der Waals surface area contributed by atoms with Crippen molar-refractivity contribution in [1.82, 2.24) is 5.43 Å². The molecule has 0 fully saturated rings. The minimum atomic E-state index is -0.360. The van der Waals surface area contributed by atoms with E-state index < -0.39 is 0 Å². The number of ether oxygens (including phenoxy) is 2. The highest BCUT2D eigenvalue weighted by molar-refractivity contribution is 9.10. The molecule has 0 bridgehead atoms. The van der Waals surface area contributed by atoms with Gasteiger partial charge in [-0.2, -0.15) is 5.10 Å². The maximum atomic E-state index is 11.7. The van der Waals surface area contributed by atoms with Gasteiger partial charge >= 0.3 is 0 Å². The van der Waals surface area contributed by atoms with E-state index in [2.05, 4.69) is 42.4 Å². The van der Waals surface area contributed by atoms with E-state index in [1.807, 2.05) is 24.3 Å². The van der Waals surface area contributed by atoms with E-state index >= 15 is 0 Å². The molecular formula is C16H14Br2N2O3. The van der Waals surface area contributed by atoms with Crippen LogP contribution in [0.4, 0.5) is 0 Å². The van der Waals surface area contributed by atoms with Crippen LogP contribution in [0.1, 0.15) is 5.56 Å². The number of halogens is 2. The highest BCUT2D eigenvalue weighted by Crippen LogP contribution is 2.29. The van der Waals surface area contributed by atoms with E-state index in [1.54, 1.807) is 24.4 Å². The molecule has 0 spiro atoms. The Bertz CT molecular complexity index is 720. The molecule has 7 heteroatoms. The average Bonchev–Trinajstić information content (AvgIpc) is 2.53. The molecule has 2 aromatic rings. The number of nitrogens with zero attached hydrogens (tertiary/aromatic N) is 1. The molecule has 2 rings (SSSR count). The second-order valence-corrected chi connectivity index (χ2v) is 6.26. The fraction of sp³-hybridized carbons (Fsp3) is 0.125. The standard InChI is InChI=1S/C16H14Br2N2O3/c1-22-15-8-13(18)5-6-14(15)23-10-16(21)20-19-9-11-3-2-4-12(17)7-11/h2-9H,10H2,1H3,(H,20,21). The van der Waals surface area contributed by atoms with Gasteiger partial charge in [0, 0.05) is 8.95 Å². The monoisotopic (exact) mass is 440 g/mol. The van der Waals surface area contributed by atoms with Crippen LogP contribution in [0.15, 0.2) is 56.5 Å². The first-order valence-corrected chi connectivity index (χ1v) is 8.21. The van der Waals surface area contributed by atoms with Gasteiger partial charge in [0.05, 0.1) is 13.3 Å². The topological polar surface area (TPSA) is 59.9 Å². The summed E-state index contributed by atoms with van der Waals surface area (Å²) in [4.78, 5) is 11.7. The van der Waals surface area contributed by atoms with Crippen molar-refractivity contribution in [3.8, 4) is 11.5 Å². The molecule has 0 atom stereocenters. The zero-order valence-electron chi connectivity index (χ0n) is 12.3. The molecule has 0 aliphatic carbocycles. The summed E-state index contributed by atoms with van der Waals surface area (Å²) in [5.41, 5.74) is 3.28. The summed E-state index contributed by atoms with van der Waals surface area (Å²) in [5.74, 6) is 0.674. The second-order valence-electron chi connectivity index (χ2n) is 4.43. The van der Waals surface area contributed by atoms with Crippen LogP contribution in [-0.2, 0) is 4.79 Å². The van der Waals surface area contributed by atoms with Gasteiger partial charge in [-0.3, -0.25) is 4.79 Å². The van der Waals surface area contributed by atoms with Crippen molar-refractivity contribution in [2.24, 2.45) is 5.10 Å². The van der Waals surface area contributed by atoms with Crippen molar-refractivity contribution < 1.29 is 14.3 Å². The van der Waals surface area contributed by atoms with Gasteiger partial charge in [-0.25, -0.2) is 5.43 Å². The Balaban J connectivity index is 1.86.